The zero-order valence-electron chi connectivity index (χ0n) is 17.8. The van der Waals surface area contributed by atoms with Crippen LogP contribution in [-0.4, -0.2) is 17.1 Å². The summed E-state index contributed by atoms with van der Waals surface area (Å²) >= 11 is 4.68. The molecule has 0 spiro atoms. The van der Waals surface area contributed by atoms with E-state index in [4.69, 9.17) is 0 Å². The average Bonchev–Trinajstić information content (AvgIpc) is 3.13. The molecule has 0 bridgehead atoms. The van der Waals surface area contributed by atoms with E-state index in [0.717, 1.165) is 15.6 Å². The smallest absolute Gasteiger partial charge is 0.269 e. The molecule has 3 aromatic carbocycles. The van der Waals surface area contributed by atoms with E-state index in [1.807, 2.05) is 67.6 Å². The van der Waals surface area contributed by atoms with E-state index < -0.39 is 11.2 Å². The van der Waals surface area contributed by atoms with Crippen molar-refractivity contribution in [1.82, 2.24) is 0 Å². The minimum atomic E-state index is -0.540. The Bertz CT molecular complexity index is 1250. The number of carbonyl (C=O) groups excluding carboxylic acids is 2. The molecule has 4 rings (SSSR count). The lowest BCUT2D eigenvalue weighted by atomic mass is 10.1. The number of nitrogens with one attached hydrogen (secondary N) is 1. The summed E-state index contributed by atoms with van der Waals surface area (Å²) in [4.78, 5) is 28.0. The predicted molar refractivity (Wildman–Crippen MR) is 136 cm³/mol. The summed E-state index contributed by atoms with van der Waals surface area (Å²) in [6.07, 6.45) is 0.488. The molecule has 0 saturated carbocycles. The minimum Gasteiger partial charge on any atom is -0.321 e. The van der Waals surface area contributed by atoms with Gasteiger partial charge in [-0.05, 0) is 55.3 Å². The molecule has 5 nitrogen and oxygen atoms in total. The third-order valence-corrected chi connectivity index (χ3v) is 6.96. The Morgan fingerprint density at radius 2 is 1.73 bits per heavy atom. The molecule has 1 N–H and O–H groups in total. The Morgan fingerprint density at radius 3 is 2.36 bits per heavy atom. The molecule has 0 aliphatic carbocycles. The summed E-state index contributed by atoms with van der Waals surface area (Å²) in [6.45, 7) is 1.96. The fourth-order valence-corrected chi connectivity index (χ4v) is 5.04. The monoisotopic (exact) mass is 517 g/mol. The molecule has 33 heavy (non-hydrogen) atoms. The molecule has 1 aliphatic rings. The quantitative estimate of drug-likeness (QED) is 0.341. The molecule has 1 unspecified atom stereocenters. The number of para-hydroxylation sites is 1. The summed E-state index contributed by atoms with van der Waals surface area (Å²) in [6, 6.07) is 26.3. The van der Waals surface area contributed by atoms with Gasteiger partial charge < -0.3 is 5.32 Å². The highest BCUT2D eigenvalue weighted by molar-refractivity contribution is 9.10. The van der Waals surface area contributed by atoms with Crippen molar-refractivity contribution in [1.29, 1.82) is 5.26 Å². The normalized spacial score (nSPS) is 16.9. The first-order valence-electron chi connectivity index (χ1n) is 10.3. The second-order valence-corrected chi connectivity index (χ2v) is 9.67. The Hall–Kier alpha value is -3.34. The van der Waals surface area contributed by atoms with Gasteiger partial charge in [0.1, 0.15) is 16.7 Å². The number of aryl methyl sites for hydroxylation is 1. The zero-order valence-corrected chi connectivity index (χ0v) is 20.2. The SMILES string of the molecule is Cc1ccc(NC(=O)/C(C#N)=C2\SC(Cc3ccc(Br)cc3)C(=O)N2c2ccccc2)cc1. The lowest BCUT2D eigenvalue weighted by Crippen LogP contribution is -2.30. The van der Waals surface area contributed by atoms with Crippen LogP contribution in [0, 0.1) is 18.3 Å². The number of rotatable bonds is 5. The topological polar surface area (TPSA) is 73.2 Å². The zero-order chi connectivity index (χ0) is 23.4. The van der Waals surface area contributed by atoms with Crippen LogP contribution >= 0.6 is 27.7 Å². The highest BCUT2D eigenvalue weighted by atomic mass is 79.9. The number of nitrogens with zero attached hydrogens (tertiary/aromatic N) is 2. The van der Waals surface area contributed by atoms with Crippen LogP contribution in [0.25, 0.3) is 0 Å². The number of amides is 2. The van der Waals surface area contributed by atoms with Gasteiger partial charge in [0.25, 0.3) is 5.91 Å². The van der Waals surface area contributed by atoms with Crippen LogP contribution in [0.5, 0.6) is 0 Å². The molecule has 0 aromatic heterocycles. The molecule has 7 heteroatoms. The Balaban J connectivity index is 1.70. The Labute approximate surface area is 205 Å². The van der Waals surface area contributed by atoms with Crippen molar-refractivity contribution >= 4 is 50.9 Å². The number of anilines is 2. The van der Waals surface area contributed by atoms with Gasteiger partial charge >= 0.3 is 0 Å². The molecular formula is C26H20BrN3O2S. The second kappa shape index (κ2) is 10.1. The summed E-state index contributed by atoms with van der Waals surface area (Å²) in [7, 11) is 0. The van der Waals surface area contributed by atoms with Crippen LogP contribution in [0.15, 0.2) is 93.9 Å². The Morgan fingerprint density at radius 1 is 1.06 bits per heavy atom. The largest absolute Gasteiger partial charge is 0.321 e. The molecule has 2 amide bonds. The van der Waals surface area contributed by atoms with Gasteiger partial charge in [-0.2, -0.15) is 5.26 Å². The lowest BCUT2D eigenvalue weighted by Gasteiger charge is -2.18. The summed E-state index contributed by atoms with van der Waals surface area (Å²) in [5.74, 6) is -0.693. The van der Waals surface area contributed by atoms with Gasteiger partial charge in [-0.3, -0.25) is 14.5 Å². The number of hydrogen-bond acceptors (Lipinski definition) is 4. The average molecular weight is 518 g/mol. The van der Waals surface area contributed by atoms with E-state index in [1.54, 1.807) is 24.3 Å². The van der Waals surface area contributed by atoms with Gasteiger partial charge in [0, 0.05) is 15.8 Å². The molecule has 3 aromatic rings. The molecule has 1 saturated heterocycles. The van der Waals surface area contributed by atoms with E-state index in [9.17, 15) is 14.9 Å². The van der Waals surface area contributed by atoms with Crippen molar-refractivity contribution < 1.29 is 9.59 Å². The van der Waals surface area contributed by atoms with Crippen molar-refractivity contribution in [2.45, 2.75) is 18.6 Å². The summed E-state index contributed by atoms with van der Waals surface area (Å²) < 4.78 is 0.961. The second-order valence-electron chi connectivity index (χ2n) is 7.56. The van der Waals surface area contributed by atoms with Crippen molar-refractivity contribution in [3.8, 4) is 6.07 Å². The van der Waals surface area contributed by atoms with Crippen molar-refractivity contribution in [3.63, 3.8) is 0 Å². The van der Waals surface area contributed by atoms with Crippen LogP contribution in [0.3, 0.4) is 0 Å². The van der Waals surface area contributed by atoms with Gasteiger partial charge in [0.15, 0.2) is 0 Å². The summed E-state index contributed by atoms with van der Waals surface area (Å²) in [5, 5.41) is 12.6. The third kappa shape index (κ3) is 5.19. The van der Waals surface area contributed by atoms with E-state index in [0.29, 0.717) is 22.8 Å². The molecular weight excluding hydrogens is 498 g/mol. The van der Waals surface area contributed by atoms with Gasteiger partial charge in [0.2, 0.25) is 5.91 Å². The van der Waals surface area contributed by atoms with E-state index in [1.165, 1.54) is 16.7 Å². The number of halogens is 1. The summed E-state index contributed by atoms with van der Waals surface area (Å²) in [5.41, 5.74) is 3.19. The predicted octanol–water partition coefficient (Wildman–Crippen LogP) is 5.82. The Kier molecular flexibility index (Phi) is 6.97. The van der Waals surface area contributed by atoms with Crippen molar-refractivity contribution in [2.24, 2.45) is 0 Å². The maximum atomic E-state index is 13.4. The molecule has 164 valence electrons. The fraction of sp³-hybridized carbons (Fsp3) is 0.115. The minimum absolute atomic E-state index is 0.0870. The van der Waals surface area contributed by atoms with Crippen LogP contribution in [0.1, 0.15) is 11.1 Å². The van der Waals surface area contributed by atoms with Gasteiger partial charge in [-0.1, -0.05) is 75.7 Å². The van der Waals surface area contributed by atoms with Crippen molar-refractivity contribution in [3.05, 3.63) is 105 Å². The standard InChI is InChI=1S/C26H20BrN3O2S/c1-17-7-13-20(14-8-17)29-24(31)22(16-28)26-30(21-5-3-2-4-6-21)25(32)23(33-26)15-18-9-11-19(27)12-10-18/h2-14,23H,15H2,1H3,(H,29,31)/b26-22-. The maximum absolute atomic E-state index is 13.4. The molecule has 1 atom stereocenters. The number of benzene rings is 3. The van der Waals surface area contributed by atoms with E-state index in [2.05, 4.69) is 21.2 Å². The highest BCUT2D eigenvalue weighted by Crippen LogP contribution is 2.42. The van der Waals surface area contributed by atoms with Gasteiger partial charge in [-0.25, -0.2) is 0 Å². The first kappa shape index (κ1) is 22.8. The highest BCUT2D eigenvalue weighted by Gasteiger charge is 2.40. The number of hydrogen-bond donors (Lipinski definition) is 1. The van der Waals surface area contributed by atoms with Crippen LogP contribution in [0.4, 0.5) is 11.4 Å². The van der Waals surface area contributed by atoms with Crippen LogP contribution in [0.2, 0.25) is 0 Å². The lowest BCUT2D eigenvalue weighted by molar-refractivity contribution is -0.117. The molecule has 1 fully saturated rings. The third-order valence-electron chi connectivity index (χ3n) is 5.16. The first-order chi connectivity index (χ1) is 16.0. The number of carbonyl (C=O) groups is 2. The number of thioether (sulfide) groups is 1. The molecule has 1 heterocycles. The van der Waals surface area contributed by atoms with Crippen LogP contribution in [-0.2, 0) is 16.0 Å². The molecule has 1 aliphatic heterocycles. The number of nitriles is 1. The fourth-order valence-electron chi connectivity index (χ4n) is 3.46. The first-order valence-corrected chi connectivity index (χ1v) is 12.0. The molecule has 0 radical (unpaired) electrons. The van der Waals surface area contributed by atoms with Crippen molar-refractivity contribution in [2.75, 3.05) is 10.2 Å². The van der Waals surface area contributed by atoms with E-state index >= 15 is 0 Å². The van der Waals surface area contributed by atoms with Gasteiger partial charge in [0.05, 0.1) is 5.25 Å². The van der Waals surface area contributed by atoms with Gasteiger partial charge in [-0.15, -0.1) is 0 Å². The van der Waals surface area contributed by atoms with E-state index in [-0.39, 0.29) is 11.5 Å². The van der Waals surface area contributed by atoms with Crippen LogP contribution < -0.4 is 10.2 Å². The maximum Gasteiger partial charge on any atom is 0.269 e.